The molecule has 1 aliphatic rings. The maximum absolute atomic E-state index is 13.1. The number of carbonyl (C=O) groups is 2. The first-order valence-corrected chi connectivity index (χ1v) is 11.8. The largest absolute Gasteiger partial charge is 0.436 e. The third-order valence-corrected chi connectivity index (χ3v) is 6.16. The third kappa shape index (κ3) is 5.32. The van der Waals surface area contributed by atoms with Crippen molar-refractivity contribution in [3.05, 3.63) is 78.2 Å². The van der Waals surface area contributed by atoms with E-state index in [1.165, 1.54) is 10.9 Å². The van der Waals surface area contributed by atoms with Crippen LogP contribution in [0.2, 0.25) is 0 Å². The van der Waals surface area contributed by atoms with Crippen molar-refractivity contribution >= 4 is 17.5 Å². The molecule has 0 aliphatic heterocycles. The lowest BCUT2D eigenvalue weighted by Gasteiger charge is -2.11. The van der Waals surface area contributed by atoms with Crippen LogP contribution in [0.4, 0.5) is 5.69 Å². The first kappa shape index (κ1) is 22.6. The number of nitrogens with zero attached hydrogens (tertiary/aromatic N) is 3. The highest BCUT2D eigenvalue weighted by molar-refractivity contribution is 6.08. The Kier molecular flexibility index (Phi) is 6.43. The van der Waals surface area contributed by atoms with E-state index in [1.807, 2.05) is 37.3 Å². The van der Waals surface area contributed by atoms with E-state index in [4.69, 9.17) is 4.42 Å². The highest BCUT2D eigenvalue weighted by Crippen LogP contribution is 2.29. The number of carbonyl (C=O) groups excluding carboxylic acids is 2. The summed E-state index contributed by atoms with van der Waals surface area (Å²) in [5.41, 5.74) is 3.60. The molecule has 2 aromatic heterocycles. The van der Waals surface area contributed by atoms with Gasteiger partial charge in [-0.05, 0) is 31.9 Å². The fourth-order valence-corrected chi connectivity index (χ4v) is 4.32. The highest BCUT2D eigenvalue weighted by atomic mass is 16.4. The zero-order valence-electron chi connectivity index (χ0n) is 19.5. The maximum atomic E-state index is 13.1. The van der Waals surface area contributed by atoms with Crippen molar-refractivity contribution in [3.63, 3.8) is 0 Å². The maximum Gasteiger partial charge on any atom is 0.256 e. The second kappa shape index (κ2) is 9.97. The van der Waals surface area contributed by atoms with Crippen molar-refractivity contribution < 1.29 is 14.0 Å². The van der Waals surface area contributed by atoms with Crippen LogP contribution >= 0.6 is 0 Å². The molecule has 0 saturated heterocycles. The van der Waals surface area contributed by atoms with Crippen molar-refractivity contribution in [3.8, 4) is 22.8 Å². The molecule has 8 heteroatoms. The van der Waals surface area contributed by atoms with Gasteiger partial charge in [0, 0.05) is 23.4 Å². The van der Waals surface area contributed by atoms with Crippen LogP contribution in [0, 0.1) is 6.92 Å². The highest BCUT2D eigenvalue weighted by Gasteiger charge is 2.19. The van der Waals surface area contributed by atoms with Crippen LogP contribution in [-0.2, 0) is 11.3 Å². The van der Waals surface area contributed by atoms with Gasteiger partial charge in [0.25, 0.3) is 5.91 Å². The smallest absolute Gasteiger partial charge is 0.256 e. The number of aryl methyl sites for hydroxylation is 1. The zero-order chi connectivity index (χ0) is 24.2. The van der Waals surface area contributed by atoms with E-state index in [2.05, 4.69) is 20.7 Å². The zero-order valence-corrected chi connectivity index (χ0v) is 19.5. The quantitative estimate of drug-likeness (QED) is 0.404. The van der Waals surface area contributed by atoms with Gasteiger partial charge in [-0.15, -0.1) is 0 Å². The van der Waals surface area contributed by atoms with E-state index in [-0.39, 0.29) is 24.4 Å². The normalized spacial score (nSPS) is 13.6. The molecule has 1 aliphatic carbocycles. The van der Waals surface area contributed by atoms with Crippen molar-refractivity contribution in [2.75, 3.05) is 5.32 Å². The van der Waals surface area contributed by atoms with Gasteiger partial charge in [-0.1, -0.05) is 54.8 Å². The lowest BCUT2D eigenvalue weighted by Crippen LogP contribution is -2.35. The number of nitrogens with one attached hydrogen (secondary N) is 2. The Morgan fingerprint density at radius 3 is 2.63 bits per heavy atom. The number of oxazole rings is 1. The summed E-state index contributed by atoms with van der Waals surface area (Å²) in [5, 5.41) is 10.1. The molecule has 0 unspecified atom stereocenters. The molecule has 0 bridgehead atoms. The van der Waals surface area contributed by atoms with Crippen LogP contribution in [0.1, 0.15) is 41.6 Å². The summed E-state index contributed by atoms with van der Waals surface area (Å²) in [6.45, 7) is 2.14. The van der Waals surface area contributed by atoms with Crippen LogP contribution in [0.15, 0.2) is 71.5 Å². The second-order valence-electron chi connectivity index (χ2n) is 8.87. The molecule has 8 nitrogen and oxygen atoms in total. The van der Waals surface area contributed by atoms with E-state index in [0.29, 0.717) is 28.5 Å². The third-order valence-electron chi connectivity index (χ3n) is 6.16. The van der Waals surface area contributed by atoms with Crippen LogP contribution in [0.5, 0.6) is 0 Å². The van der Waals surface area contributed by atoms with Crippen molar-refractivity contribution in [2.45, 2.75) is 45.2 Å². The summed E-state index contributed by atoms with van der Waals surface area (Å²) in [6.07, 6.45) is 9.22. The first-order chi connectivity index (χ1) is 17.0. The fourth-order valence-electron chi connectivity index (χ4n) is 4.32. The average molecular weight is 470 g/mol. The second-order valence-corrected chi connectivity index (χ2v) is 8.87. The minimum atomic E-state index is -0.314. The lowest BCUT2D eigenvalue weighted by atomic mass is 10.1. The summed E-state index contributed by atoms with van der Waals surface area (Å²) in [6, 6.07) is 15.4. The Morgan fingerprint density at radius 1 is 1.06 bits per heavy atom. The summed E-state index contributed by atoms with van der Waals surface area (Å²) in [7, 11) is 0. The molecular formula is C27H27N5O3. The number of hydrogen-bond donors (Lipinski definition) is 2. The number of benzene rings is 2. The van der Waals surface area contributed by atoms with Gasteiger partial charge in [0.05, 0.1) is 23.6 Å². The van der Waals surface area contributed by atoms with E-state index < -0.39 is 0 Å². The molecule has 2 heterocycles. The monoisotopic (exact) mass is 469 g/mol. The van der Waals surface area contributed by atoms with E-state index in [9.17, 15) is 9.59 Å². The van der Waals surface area contributed by atoms with E-state index in [1.54, 1.807) is 30.6 Å². The number of amides is 2. The fraction of sp³-hybridized carbons (Fsp3) is 0.259. The van der Waals surface area contributed by atoms with Crippen molar-refractivity contribution in [1.29, 1.82) is 0 Å². The molecule has 0 atom stereocenters. The topological polar surface area (TPSA) is 102 Å². The standard InChI is InChI=1S/C27H27N5O3/c1-18-10-12-19(13-11-18)24-15-28-27(35-24)23-9-5-4-8-22(23)26(34)31-21-14-29-32(16-21)17-25(33)30-20-6-2-3-7-20/h4-5,8-16,20H,2-3,6-7,17H2,1H3,(H,30,33)(H,31,34). The summed E-state index contributed by atoms with van der Waals surface area (Å²) in [5.74, 6) is 0.611. The van der Waals surface area contributed by atoms with Gasteiger partial charge in [0.1, 0.15) is 6.54 Å². The molecular weight excluding hydrogens is 442 g/mol. The Balaban J connectivity index is 1.27. The minimum absolute atomic E-state index is 0.0727. The molecule has 1 fully saturated rings. The molecule has 35 heavy (non-hydrogen) atoms. The molecule has 2 amide bonds. The van der Waals surface area contributed by atoms with Gasteiger partial charge < -0.3 is 15.1 Å². The van der Waals surface area contributed by atoms with E-state index >= 15 is 0 Å². The number of rotatable bonds is 7. The summed E-state index contributed by atoms with van der Waals surface area (Å²) < 4.78 is 7.51. The number of hydrogen-bond acceptors (Lipinski definition) is 5. The Hall–Kier alpha value is -4.20. The van der Waals surface area contributed by atoms with Gasteiger partial charge >= 0.3 is 0 Å². The summed E-state index contributed by atoms with van der Waals surface area (Å²) in [4.78, 5) is 29.8. The molecule has 2 aromatic carbocycles. The van der Waals surface area contributed by atoms with Crippen LogP contribution in [0.25, 0.3) is 22.8 Å². The summed E-state index contributed by atoms with van der Waals surface area (Å²) >= 11 is 0. The lowest BCUT2D eigenvalue weighted by molar-refractivity contribution is -0.122. The number of anilines is 1. The Labute approximate surface area is 203 Å². The number of aromatic nitrogens is 3. The van der Waals surface area contributed by atoms with Gasteiger partial charge in [0.15, 0.2) is 5.76 Å². The van der Waals surface area contributed by atoms with Gasteiger partial charge in [-0.2, -0.15) is 5.10 Å². The first-order valence-electron chi connectivity index (χ1n) is 11.8. The van der Waals surface area contributed by atoms with Crippen LogP contribution in [-0.4, -0.2) is 32.6 Å². The van der Waals surface area contributed by atoms with Crippen molar-refractivity contribution in [1.82, 2.24) is 20.1 Å². The van der Waals surface area contributed by atoms with Gasteiger partial charge in [-0.25, -0.2) is 4.98 Å². The molecule has 1 saturated carbocycles. The Bertz CT molecular complexity index is 1330. The molecule has 5 rings (SSSR count). The SMILES string of the molecule is Cc1ccc(-c2cnc(-c3ccccc3C(=O)Nc3cnn(CC(=O)NC4CCCC4)c3)o2)cc1. The van der Waals surface area contributed by atoms with Crippen LogP contribution in [0.3, 0.4) is 0 Å². The average Bonchev–Trinajstić information content (AvgIpc) is 3.62. The molecule has 4 aromatic rings. The minimum Gasteiger partial charge on any atom is -0.436 e. The Morgan fingerprint density at radius 2 is 1.83 bits per heavy atom. The molecule has 0 radical (unpaired) electrons. The van der Waals surface area contributed by atoms with Gasteiger partial charge in [-0.3, -0.25) is 14.3 Å². The molecule has 0 spiro atoms. The molecule has 2 N–H and O–H groups in total. The predicted octanol–water partition coefficient (Wildman–Crippen LogP) is 4.82. The predicted molar refractivity (Wildman–Crippen MR) is 133 cm³/mol. The van der Waals surface area contributed by atoms with E-state index in [0.717, 1.165) is 36.8 Å². The molecule has 178 valence electrons. The van der Waals surface area contributed by atoms with Crippen LogP contribution < -0.4 is 10.6 Å². The van der Waals surface area contributed by atoms with Gasteiger partial charge in [0.2, 0.25) is 11.8 Å². The van der Waals surface area contributed by atoms with Crippen molar-refractivity contribution in [2.24, 2.45) is 0 Å².